The molecule has 0 aliphatic carbocycles. The molecule has 9 nitrogen and oxygen atoms in total. The van der Waals surface area contributed by atoms with E-state index in [-0.39, 0.29) is 28.1 Å². The number of rotatable bonds is 6. The lowest BCUT2D eigenvalue weighted by Gasteiger charge is -2.38. The second kappa shape index (κ2) is 10.4. The second-order valence-corrected chi connectivity index (χ2v) is 10.0. The first-order chi connectivity index (χ1) is 16.0. The van der Waals surface area contributed by atoms with E-state index in [1.54, 1.807) is 12.1 Å². The number of aromatic nitrogens is 2. The van der Waals surface area contributed by atoms with Crippen LogP contribution in [0.2, 0.25) is 0 Å². The fraction of sp³-hybridized carbons (Fsp3) is 0.560. The maximum absolute atomic E-state index is 12.6. The number of urea groups is 1. The maximum Gasteiger partial charge on any atom is 0.317 e. The van der Waals surface area contributed by atoms with Crippen LogP contribution < -0.4 is 10.2 Å². The van der Waals surface area contributed by atoms with Gasteiger partial charge in [-0.1, -0.05) is 26.0 Å². The monoisotopic (exact) mass is 468 g/mol. The van der Waals surface area contributed by atoms with Crippen molar-refractivity contribution in [3.63, 3.8) is 0 Å². The van der Waals surface area contributed by atoms with E-state index in [4.69, 9.17) is 9.97 Å². The van der Waals surface area contributed by atoms with Gasteiger partial charge in [0.25, 0.3) is 5.69 Å². The summed E-state index contributed by atoms with van der Waals surface area (Å²) in [5.74, 6) is 1.97. The lowest BCUT2D eigenvalue weighted by atomic mass is 10.0. The van der Waals surface area contributed by atoms with Crippen LogP contribution in [-0.2, 0) is 6.42 Å². The smallest absolute Gasteiger partial charge is 0.317 e. The normalized spacial score (nSPS) is 15.2. The van der Waals surface area contributed by atoms with Gasteiger partial charge in [-0.15, -0.1) is 0 Å². The van der Waals surface area contributed by atoms with Gasteiger partial charge < -0.3 is 15.1 Å². The van der Waals surface area contributed by atoms with Crippen molar-refractivity contribution in [2.45, 2.75) is 65.8 Å². The standard InChI is InChI=1S/C25H36N6O3/c1-7-17(2)22-26-18(3)21(16-19-8-10-20(11-9-19)31(33)34)23(27-22)29-12-14-30(15-13-29)24(32)28-25(4,5)6/h8-11,17H,7,12-16H2,1-6H3,(H,28,32)/t17-/m0/s1. The Hall–Kier alpha value is -3.23. The van der Waals surface area contributed by atoms with Crippen molar-refractivity contribution in [3.8, 4) is 0 Å². The first-order valence-electron chi connectivity index (χ1n) is 11.9. The zero-order valence-electron chi connectivity index (χ0n) is 21.1. The molecule has 2 amide bonds. The van der Waals surface area contributed by atoms with Gasteiger partial charge in [0.2, 0.25) is 0 Å². The number of piperazine rings is 1. The zero-order chi connectivity index (χ0) is 25.0. The highest BCUT2D eigenvalue weighted by molar-refractivity contribution is 5.75. The summed E-state index contributed by atoms with van der Waals surface area (Å²) in [6.45, 7) is 14.8. The summed E-state index contributed by atoms with van der Waals surface area (Å²) in [6.07, 6.45) is 1.53. The number of carbonyl (C=O) groups excluding carboxylic acids is 1. The Morgan fingerprint density at radius 3 is 2.29 bits per heavy atom. The van der Waals surface area contributed by atoms with Crippen molar-refractivity contribution < 1.29 is 9.72 Å². The Bertz CT molecular complexity index is 1020. The summed E-state index contributed by atoms with van der Waals surface area (Å²) in [5.41, 5.74) is 2.72. The molecule has 1 aliphatic heterocycles. The van der Waals surface area contributed by atoms with Gasteiger partial charge in [-0.3, -0.25) is 10.1 Å². The van der Waals surface area contributed by atoms with E-state index in [2.05, 4.69) is 24.1 Å². The first kappa shape index (κ1) is 25.4. The third kappa shape index (κ3) is 6.21. The van der Waals surface area contributed by atoms with Gasteiger partial charge in [-0.2, -0.15) is 0 Å². The molecule has 0 unspecified atom stereocenters. The molecule has 0 bridgehead atoms. The highest BCUT2D eigenvalue weighted by Gasteiger charge is 2.27. The molecule has 2 heterocycles. The molecule has 1 atom stereocenters. The number of benzene rings is 1. The Kier molecular flexibility index (Phi) is 7.74. The molecule has 1 aromatic heterocycles. The molecular weight excluding hydrogens is 432 g/mol. The number of non-ortho nitro benzene ring substituents is 1. The summed E-state index contributed by atoms with van der Waals surface area (Å²) in [6, 6.07) is 6.60. The van der Waals surface area contributed by atoms with Crippen LogP contribution in [0.4, 0.5) is 16.3 Å². The SMILES string of the molecule is CC[C@H](C)c1nc(C)c(Cc2ccc([N+](=O)[O-])cc2)c(N2CCN(C(=O)NC(C)(C)C)CC2)n1. The average Bonchev–Trinajstić information content (AvgIpc) is 2.79. The number of hydrogen-bond donors (Lipinski definition) is 1. The minimum Gasteiger partial charge on any atom is -0.353 e. The minimum absolute atomic E-state index is 0.0441. The number of carbonyl (C=O) groups is 1. The maximum atomic E-state index is 12.6. The van der Waals surface area contributed by atoms with Gasteiger partial charge in [0.05, 0.1) is 4.92 Å². The molecule has 0 spiro atoms. The fourth-order valence-corrected chi connectivity index (χ4v) is 3.93. The van der Waals surface area contributed by atoms with E-state index in [1.807, 2.05) is 32.6 Å². The molecular formula is C25H36N6O3. The van der Waals surface area contributed by atoms with Crippen LogP contribution in [0.5, 0.6) is 0 Å². The van der Waals surface area contributed by atoms with Gasteiger partial charge in [-0.05, 0) is 39.7 Å². The zero-order valence-corrected chi connectivity index (χ0v) is 21.1. The Morgan fingerprint density at radius 1 is 1.15 bits per heavy atom. The molecule has 2 aromatic rings. The van der Waals surface area contributed by atoms with Crippen LogP contribution in [0, 0.1) is 17.0 Å². The molecule has 184 valence electrons. The van der Waals surface area contributed by atoms with Gasteiger partial charge in [0.1, 0.15) is 11.6 Å². The van der Waals surface area contributed by atoms with Crippen LogP contribution in [-0.4, -0.2) is 57.5 Å². The number of nitrogens with zero attached hydrogens (tertiary/aromatic N) is 5. The Labute approximate surface area is 201 Å². The number of nitro groups is 1. The molecule has 1 fully saturated rings. The molecule has 1 aliphatic rings. The van der Waals surface area contributed by atoms with E-state index in [0.717, 1.165) is 34.9 Å². The van der Waals surface area contributed by atoms with Crippen molar-refractivity contribution in [2.24, 2.45) is 0 Å². The van der Waals surface area contributed by atoms with E-state index >= 15 is 0 Å². The number of aryl methyl sites for hydroxylation is 1. The van der Waals surface area contributed by atoms with Gasteiger partial charge in [0.15, 0.2) is 0 Å². The predicted octanol–water partition coefficient (Wildman–Crippen LogP) is 4.43. The van der Waals surface area contributed by atoms with Gasteiger partial charge >= 0.3 is 6.03 Å². The van der Waals surface area contributed by atoms with Gasteiger partial charge in [0, 0.05) is 67.4 Å². The Morgan fingerprint density at radius 2 is 1.76 bits per heavy atom. The lowest BCUT2D eigenvalue weighted by Crippen LogP contribution is -2.55. The van der Waals surface area contributed by atoms with Crippen molar-refractivity contribution in [1.29, 1.82) is 0 Å². The number of amides is 2. The second-order valence-electron chi connectivity index (χ2n) is 10.0. The van der Waals surface area contributed by atoms with Crippen molar-refractivity contribution in [1.82, 2.24) is 20.2 Å². The van der Waals surface area contributed by atoms with E-state index in [9.17, 15) is 14.9 Å². The molecule has 0 radical (unpaired) electrons. The van der Waals surface area contributed by atoms with Crippen molar-refractivity contribution in [3.05, 3.63) is 57.0 Å². The van der Waals surface area contributed by atoms with E-state index in [0.29, 0.717) is 32.6 Å². The first-order valence-corrected chi connectivity index (χ1v) is 11.9. The predicted molar refractivity (Wildman–Crippen MR) is 133 cm³/mol. The molecule has 34 heavy (non-hydrogen) atoms. The summed E-state index contributed by atoms with van der Waals surface area (Å²) in [4.78, 5) is 37.1. The third-order valence-electron chi connectivity index (χ3n) is 6.14. The quantitative estimate of drug-likeness (QED) is 0.497. The number of anilines is 1. The van der Waals surface area contributed by atoms with Crippen LogP contribution in [0.25, 0.3) is 0 Å². The van der Waals surface area contributed by atoms with Crippen LogP contribution in [0.15, 0.2) is 24.3 Å². The minimum atomic E-state index is -0.389. The van der Waals surface area contributed by atoms with Crippen molar-refractivity contribution in [2.75, 3.05) is 31.1 Å². The highest BCUT2D eigenvalue weighted by Crippen LogP contribution is 2.28. The number of hydrogen-bond acceptors (Lipinski definition) is 6. The number of nitro benzene ring substituents is 1. The summed E-state index contributed by atoms with van der Waals surface area (Å²) in [7, 11) is 0. The number of nitrogens with one attached hydrogen (secondary N) is 1. The lowest BCUT2D eigenvalue weighted by molar-refractivity contribution is -0.384. The average molecular weight is 469 g/mol. The largest absolute Gasteiger partial charge is 0.353 e. The van der Waals surface area contributed by atoms with E-state index < -0.39 is 0 Å². The summed E-state index contributed by atoms with van der Waals surface area (Å²) < 4.78 is 0. The Balaban J connectivity index is 1.86. The summed E-state index contributed by atoms with van der Waals surface area (Å²) in [5, 5.41) is 14.0. The molecule has 1 saturated heterocycles. The molecule has 1 N–H and O–H groups in total. The van der Waals surface area contributed by atoms with Crippen LogP contribution >= 0.6 is 0 Å². The third-order valence-corrected chi connectivity index (χ3v) is 6.14. The molecule has 1 aromatic carbocycles. The molecule has 3 rings (SSSR count). The van der Waals surface area contributed by atoms with Gasteiger partial charge in [-0.25, -0.2) is 14.8 Å². The topological polar surface area (TPSA) is 105 Å². The fourth-order valence-electron chi connectivity index (χ4n) is 3.93. The van der Waals surface area contributed by atoms with E-state index in [1.165, 1.54) is 12.1 Å². The van der Waals surface area contributed by atoms with Crippen LogP contribution in [0.3, 0.4) is 0 Å². The molecule has 0 saturated carbocycles. The van der Waals surface area contributed by atoms with Crippen LogP contribution in [0.1, 0.15) is 69.6 Å². The van der Waals surface area contributed by atoms with Crippen molar-refractivity contribution >= 4 is 17.5 Å². The summed E-state index contributed by atoms with van der Waals surface area (Å²) >= 11 is 0. The highest BCUT2D eigenvalue weighted by atomic mass is 16.6. The molecule has 9 heteroatoms.